The molecule has 1 fully saturated rings. The molecule has 3 rings (SSSR count). The van der Waals surface area contributed by atoms with Gasteiger partial charge in [0.15, 0.2) is 0 Å². The number of nitrogens with zero attached hydrogens (tertiary/aromatic N) is 2. The van der Waals surface area contributed by atoms with Crippen LogP contribution in [0.1, 0.15) is 43.7 Å². The number of piperazine rings is 1. The molecular weight excluding hydrogens is 383 g/mol. The van der Waals surface area contributed by atoms with Gasteiger partial charge in [-0.2, -0.15) is 0 Å². The first kappa shape index (κ1) is 22.4. The van der Waals surface area contributed by atoms with E-state index in [-0.39, 0.29) is 11.9 Å². The van der Waals surface area contributed by atoms with Crippen LogP contribution < -0.4 is 10.6 Å². The summed E-state index contributed by atoms with van der Waals surface area (Å²) in [6.45, 7) is 4.38. The highest BCUT2D eigenvalue weighted by molar-refractivity contribution is 6.35. The van der Waals surface area contributed by atoms with Crippen molar-refractivity contribution in [3.63, 3.8) is 0 Å². The first-order chi connectivity index (χ1) is 14.5. The van der Waals surface area contributed by atoms with Crippen molar-refractivity contribution in [2.45, 2.75) is 38.1 Å². The Balaban J connectivity index is 1.52. The highest BCUT2D eigenvalue weighted by Crippen LogP contribution is 2.22. The summed E-state index contributed by atoms with van der Waals surface area (Å²) >= 11 is 0. The number of hydrogen-bond acceptors (Lipinski definition) is 4. The van der Waals surface area contributed by atoms with E-state index in [4.69, 9.17) is 0 Å². The Kier molecular flexibility index (Phi) is 8.39. The first-order valence-electron chi connectivity index (χ1n) is 10.9. The Morgan fingerprint density at radius 3 is 2.40 bits per heavy atom. The van der Waals surface area contributed by atoms with Gasteiger partial charge in [0, 0.05) is 39.3 Å². The van der Waals surface area contributed by atoms with E-state index < -0.39 is 11.8 Å². The summed E-state index contributed by atoms with van der Waals surface area (Å²) in [7, 11) is 2.08. The number of carbonyl (C=O) groups is 2. The van der Waals surface area contributed by atoms with Crippen LogP contribution in [0.3, 0.4) is 0 Å². The molecule has 164 valence electrons. The predicted octanol–water partition coefficient (Wildman–Crippen LogP) is 2.24. The lowest BCUT2D eigenvalue weighted by molar-refractivity contribution is -0.139. The lowest BCUT2D eigenvalue weighted by Gasteiger charge is -2.38. The highest BCUT2D eigenvalue weighted by Gasteiger charge is 2.25. The van der Waals surface area contributed by atoms with Crippen LogP contribution in [0.5, 0.6) is 0 Å². The highest BCUT2D eigenvalue weighted by atomic mass is 19.1. The van der Waals surface area contributed by atoms with Gasteiger partial charge >= 0.3 is 11.8 Å². The number of rotatable bonds is 7. The largest absolute Gasteiger partial charge is 0.348 e. The summed E-state index contributed by atoms with van der Waals surface area (Å²) in [5, 5.41) is 5.50. The number of amides is 2. The molecule has 6 nitrogen and oxygen atoms in total. The van der Waals surface area contributed by atoms with Crippen molar-refractivity contribution >= 4 is 11.8 Å². The van der Waals surface area contributed by atoms with Crippen molar-refractivity contribution in [3.05, 3.63) is 47.3 Å². The normalized spacial score (nSPS) is 19.1. The van der Waals surface area contributed by atoms with Crippen molar-refractivity contribution in [3.8, 4) is 0 Å². The third-order valence-corrected chi connectivity index (χ3v) is 6.01. The lowest BCUT2D eigenvalue weighted by atomic mass is 9.97. The van der Waals surface area contributed by atoms with Gasteiger partial charge in [-0.3, -0.25) is 14.5 Å². The van der Waals surface area contributed by atoms with Crippen molar-refractivity contribution in [1.82, 2.24) is 20.4 Å². The van der Waals surface area contributed by atoms with Gasteiger partial charge in [-0.15, -0.1) is 0 Å². The second kappa shape index (κ2) is 11.2. The maximum absolute atomic E-state index is 13.4. The van der Waals surface area contributed by atoms with Gasteiger partial charge < -0.3 is 15.5 Å². The van der Waals surface area contributed by atoms with Crippen LogP contribution in [0.25, 0.3) is 0 Å². The number of allylic oxidation sites excluding steroid dienone is 1. The average molecular weight is 417 g/mol. The summed E-state index contributed by atoms with van der Waals surface area (Å²) < 4.78 is 13.4. The van der Waals surface area contributed by atoms with Crippen LogP contribution in [-0.2, 0) is 9.59 Å². The van der Waals surface area contributed by atoms with Crippen molar-refractivity contribution in [1.29, 1.82) is 0 Å². The van der Waals surface area contributed by atoms with Gasteiger partial charge in [0.05, 0.1) is 6.04 Å². The van der Waals surface area contributed by atoms with Crippen LogP contribution in [-0.4, -0.2) is 67.9 Å². The lowest BCUT2D eigenvalue weighted by Crippen LogP contribution is -2.49. The van der Waals surface area contributed by atoms with E-state index in [1.54, 1.807) is 12.1 Å². The molecule has 7 heteroatoms. The van der Waals surface area contributed by atoms with Crippen LogP contribution in [0, 0.1) is 5.82 Å². The molecule has 0 saturated carbocycles. The molecule has 0 radical (unpaired) electrons. The molecule has 0 aromatic heterocycles. The van der Waals surface area contributed by atoms with Crippen molar-refractivity contribution in [2.75, 3.05) is 46.3 Å². The van der Waals surface area contributed by atoms with Gasteiger partial charge in [0.25, 0.3) is 0 Å². The quantitative estimate of drug-likeness (QED) is 0.529. The summed E-state index contributed by atoms with van der Waals surface area (Å²) in [6.07, 6.45) is 7.70. The van der Waals surface area contributed by atoms with E-state index in [0.717, 1.165) is 51.0 Å². The molecule has 1 heterocycles. The van der Waals surface area contributed by atoms with Crippen molar-refractivity contribution < 1.29 is 14.0 Å². The van der Waals surface area contributed by atoms with Crippen LogP contribution in [0.2, 0.25) is 0 Å². The van der Waals surface area contributed by atoms with E-state index in [9.17, 15) is 14.0 Å². The zero-order valence-electron chi connectivity index (χ0n) is 17.8. The van der Waals surface area contributed by atoms with Gasteiger partial charge in [-0.05, 0) is 56.8 Å². The summed E-state index contributed by atoms with van der Waals surface area (Å²) in [6, 6.07) is 6.29. The van der Waals surface area contributed by atoms with Crippen LogP contribution in [0.4, 0.5) is 4.39 Å². The fraction of sp³-hybridized carbons (Fsp3) is 0.565. The predicted molar refractivity (Wildman–Crippen MR) is 115 cm³/mol. The van der Waals surface area contributed by atoms with E-state index in [1.165, 1.54) is 30.5 Å². The first-order valence-corrected chi connectivity index (χ1v) is 10.9. The van der Waals surface area contributed by atoms with Gasteiger partial charge in [0.2, 0.25) is 0 Å². The number of benzene rings is 1. The second-order valence-electron chi connectivity index (χ2n) is 8.23. The number of likely N-dealkylation sites (N-methyl/N-ethyl adjacent to an activating group) is 1. The Labute approximate surface area is 178 Å². The standard InChI is InChI=1S/C23H33FN4O2/c1-27-13-15-28(16-14-27)21(19-7-9-20(24)10-8-19)17-26-23(30)22(29)25-12-11-18-5-3-2-4-6-18/h5,7-10,21H,2-4,6,11-17H2,1H3,(H,25,29)(H,26,30)/t21-/m1/s1. The molecule has 0 unspecified atom stereocenters. The number of nitrogens with one attached hydrogen (secondary N) is 2. The Morgan fingerprint density at radius 1 is 1.03 bits per heavy atom. The second-order valence-corrected chi connectivity index (χ2v) is 8.23. The van der Waals surface area contributed by atoms with Crippen LogP contribution in [0.15, 0.2) is 35.9 Å². The molecule has 0 bridgehead atoms. The van der Waals surface area contributed by atoms with E-state index in [0.29, 0.717) is 13.1 Å². The van der Waals surface area contributed by atoms with Gasteiger partial charge in [-0.25, -0.2) is 4.39 Å². The molecule has 1 aliphatic carbocycles. The molecule has 1 aromatic carbocycles. The topological polar surface area (TPSA) is 64.7 Å². The number of hydrogen-bond donors (Lipinski definition) is 2. The molecule has 1 aliphatic heterocycles. The van der Waals surface area contributed by atoms with Gasteiger partial charge in [0.1, 0.15) is 5.82 Å². The molecular formula is C23H33FN4O2. The maximum Gasteiger partial charge on any atom is 0.309 e. The van der Waals surface area contributed by atoms with E-state index >= 15 is 0 Å². The van der Waals surface area contributed by atoms with E-state index in [1.807, 2.05) is 0 Å². The summed E-state index contributed by atoms with van der Waals surface area (Å²) in [5.41, 5.74) is 2.30. The fourth-order valence-electron chi connectivity index (χ4n) is 4.09. The van der Waals surface area contributed by atoms with Crippen LogP contribution >= 0.6 is 0 Å². The zero-order valence-corrected chi connectivity index (χ0v) is 17.8. The molecule has 2 amide bonds. The molecule has 1 aromatic rings. The summed E-state index contributed by atoms with van der Waals surface area (Å²) in [5.74, 6) is -1.50. The Bertz CT molecular complexity index is 742. The SMILES string of the molecule is CN1CCN([C@H](CNC(=O)C(=O)NCCC2=CCCCC2)c2ccc(F)cc2)CC1. The van der Waals surface area contributed by atoms with Gasteiger partial charge in [-0.1, -0.05) is 23.8 Å². The maximum atomic E-state index is 13.4. The Hall–Kier alpha value is -2.25. The smallest absolute Gasteiger partial charge is 0.309 e. The summed E-state index contributed by atoms with van der Waals surface area (Å²) in [4.78, 5) is 29.0. The fourth-order valence-corrected chi connectivity index (χ4v) is 4.09. The van der Waals surface area contributed by atoms with E-state index in [2.05, 4.69) is 33.6 Å². The minimum absolute atomic E-state index is 0.0940. The third kappa shape index (κ3) is 6.64. The minimum atomic E-state index is -0.617. The number of carbonyl (C=O) groups excluding carboxylic acids is 2. The molecule has 0 spiro atoms. The molecule has 30 heavy (non-hydrogen) atoms. The molecule has 2 aliphatic rings. The Morgan fingerprint density at radius 2 is 1.73 bits per heavy atom. The zero-order chi connectivity index (χ0) is 21.3. The molecule has 1 saturated heterocycles. The molecule has 1 atom stereocenters. The monoisotopic (exact) mass is 416 g/mol. The average Bonchev–Trinajstić information content (AvgIpc) is 2.76. The molecule has 2 N–H and O–H groups in total. The van der Waals surface area contributed by atoms with Crippen molar-refractivity contribution in [2.24, 2.45) is 0 Å². The number of halogens is 1. The third-order valence-electron chi connectivity index (χ3n) is 6.01. The minimum Gasteiger partial charge on any atom is -0.348 e.